The number of piperidine rings is 1. The highest BCUT2D eigenvalue weighted by atomic mass is 19.3. The Morgan fingerprint density at radius 3 is 2.47 bits per heavy atom. The van der Waals surface area contributed by atoms with Gasteiger partial charge in [0.05, 0.1) is 12.0 Å². The number of alkyl halides is 2. The summed E-state index contributed by atoms with van der Waals surface area (Å²) in [5, 5.41) is 7.26. The van der Waals surface area contributed by atoms with Gasteiger partial charge in [-0.3, -0.25) is 14.9 Å². The monoisotopic (exact) mass is 480 g/mol. The summed E-state index contributed by atoms with van der Waals surface area (Å²) in [6.45, 7) is -2.44. The molecule has 2 heterocycles. The molecule has 0 bridgehead atoms. The van der Waals surface area contributed by atoms with Crippen molar-refractivity contribution in [2.45, 2.75) is 31.4 Å². The van der Waals surface area contributed by atoms with Crippen molar-refractivity contribution in [3.63, 3.8) is 0 Å². The summed E-state index contributed by atoms with van der Waals surface area (Å²) in [6, 6.07) is 6.85. The second-order valence-corrected chi connectivity index (χ2v) is 7.93. The summed E-state index contributed by atoms with van der Waals surface area (Å²) < 4.78 is 58.3. The Morgan fingerprint density at radius 2 is 1.82 bits per heavy atom. The SMILES string of the molecule is O=C1CC[C@@H](c2c(F)cc(N3CC(NC(=O)Nc4cccc(OC(F)F)c4)C3)cc2F)C(=O)N1. The summed E-state index contributed by atoms with van der Waals surface area (Å²) in [5.74, 6) is -4.16. The average molecular weight is 480 g/mol. The first-order valence-corrected chi connectivity index (χ1v) is 10.4. The number of hydrogen-bond acceptors (Lipinski definition) is 5. The van der Waals surface area contributed by atoms with Gasteiger partial charge in [-0.05, 0) is 30.7 Å². The van der Waals surface area contributed by atoms with Crippen LogP contribution in [0.2, 0.25) is 0 Å². The van der Waals surface area contributed by atoms with Crippen LogP contribution in [0.4, 0.5) is 33.7 Å². The molecule has 2 saturated heterocycles. The standard InChI is InChI=1S/C22H20F4N4O4/c23-16-7-13(8-17(24)19(16)15-4-5-18(31)29-20(15)32)30-9-12(10-30)28-22(33)27-11-2-1-3-14(6-11)34-21(25)26/h1-3,6-8,12,15,21H,4-5,9-10H2,(H2,27,28,33)(H,29,31,32)/t15-/m0/s1. The molecule has 8 nitrogen and oxygen atoms in total. The van der Waals surface area contributed by atoms with Crippen molar-refractivity contribution in [3.8, 4) is 5.75 Å². The van der Waals surface area contributed by atoms with Crippen LogP contribution in [-0.4, -0.2) is 43.6 Å². The zero-order valence-corrected chi connectivity index (χ0v) is 17.6. The van der Waals surface area contributed by atoms with E-state index in [-0.39, 0.29) is 54.7 Å². The first-order chi connectivity index (χ1) is 16.2. The number of amides is 4. The first-order valence-electron chi connectivity index (χ1n) is 10.4. The van der Waals surface area contributed by atoms with Crippen molar-refractivity contribution in [2.75, 3.05) is 23.3 Å². The van der Waals surface area contributed by atoms with Gasteiger partial charge in [0.15, 0.2) is 0 Å². The number of anilines is 2. The number of halogens is 4. The number of nitrogens with one attached hydrogen (secondary N) is 3. The smallest absolute Gasteiger partial charge is 0.387 e. The fourth-order valence-corrected chi connectivity index (χ4v) is 3.94. The van der Waals surface area contributed by atoms with Crippen LogP contribution < -0.4 is 25.6 Å². The zero-order valence-electron chi connectivity index (χ0n) is 17.6. The molecule has 2 aliphatic heterocycles. The molecule has 4 rings (SSSR count). The van der Waals surface area contributed by atoms with Crippen LogP contribution in [0.15, 0.2) is 36.4 Å². The Morgan fingerprint density at radius 1 is 1.12 bits per heavy atom. The van der Waals surface area contributed by atoms with Gasteiger partial charge in [-0.1, -0.05) is 6.07 Å². The summed E-state index contributed by atoms with van der Waals surface area (Å²) in [6.07, 6.45) is 0.0297. The lowest BCUT2D eigenvalue weighted by atomic mass is 9.89. The van der Waals surface area contributed by atoms with Gasteiger partial charge < -0.3 is 20.3 Å². The lowest BCUT2D eigenvalue weighted by molar-refractivity contribution is -0.134. The molecule has 1 atom stereocenters. The lowest BCUT2D eigenvalue weighted by Gasteiger charge is -2.41. The molecule has 0 spiro atoms. The maximum Gasteiger partial charge on any atom is 0.387 e. The number of nitrogens with zero attached hydrogens (tertiary/aromatic N) is 1. The maximum absolute atomic E-state index is 14.7. The van der Waals surface area contributed by atoms with E-state index in [0.29, 0.717) is 0 Å². The fourth-order valence-electron chi connectivity index (χ4n) is 3.94. The van der Waals surface area contributed by atoms with Gasteiger partial charge in [0.1, 0.15) is 17.4 Å². The molecule has 34 heavy (non-hydrogen) atoms. The third-order valence-corrected chi connectivity index (χ3v) is 5.55. The molecule has 2 aliphatic rings. The minimum Gasteiger partial charge on any atom is -0.435 e. The van der Waals surface area contributed by atoms with Gasteiger partial charge in [0.2, 0.25) is 11.8 Å². The van der Waals surface area contributed by atoms with Crippen LogP contribution in [0, 0.1) is 11.6 Å². The number of imide groups is 1. The maximum atomic E-state index is 14.7. The van der Waals surface area contributed by atoms with Crippen molar-refractivity contribution in [2.24, 2.45) is 0 Å². The van der Waals surface area contributed by atoms with Gasteiger partial charge in [-0.2, -0.15) is 8.78 Å². The van der Waals surface area contributed by atoms with Gasteiger partial charge in [-0.15, -0.1) is 0 Å². The van der Waals surface area contributed by atoms with E-state index in [9.17, 15) is 31.9 Å². The van der Waals surface area contributed by atoms with E-state index >= 15 is 0 Å². The quantitative estimate of drug-likeness (QED) is 0.436. The number of carbonyl (C=O) groups is 3. The molecule has 2 aromatic rings. The molecule has 4 amide bonds. The topological polar surface area (TPSA) is 99.8 Å². The number of hydrogen-bond donors (Lipinski definition) is 3. The number of benzene rings is 2. The molecule has 3 N–H and O–H groups in total. The third kappa shape index (κ3) is 5.21. The Labute approximate surface area is 191 Å². The van der Waals surface area contributed by atoms with Crippen LogP contribution in [0.25, 0.3) is 0 Å². The van der Waals surface area contributed by atoms with Crippen LogP contribution in [0.3, 0.4) is 0 Å². The normalized spacial score (nSPS) is 18.4. The molecule has 12 heteroatoms. The van der Waals surface area contributed by atoms with E-state index in [0.717, 1.165) is 12.1 Å². The van der Waals surface area contributed by atoms with Gasteiger partial charge in [0, 0.05) is 42.5 Å². The molecule has 180 valence electrons. The predicted octanol–water partition coefficient (Wildman–Crippen LogP) is 3.10. The number of rotatable bonds is 6. The van der Waals surface area contributed by atoms with Crippen molar-refractivity contribution >= 4 is 29.2 Å². The Hall–Kier alpha value is -3.83. The van der Waals surface area contributed by atoms with Crippen LogP contribution in [0.1, 0.15) is 24.3 Å². The van der Waals surface area contributed by atoms with E-state index < -0.39 is 42.0 Å². The first kappa shape index (κ1) is 23.3. The molecule has 0 saturated carbocycles. The van der Waals surface area contributed by atoms with Gasteiger partial charge in [-0.25, -0.2) is 13.6 Å². The highest BCUT2D eigenvalue weighted by Crippen LogP contribution is 2.33. The summed E-state index contributed by atoms with van der Waals surface area (Å²) in [5.41, 5.74) is 0.128. The molecule has 2 fully saturated rings. The molecule has 0 radical (unpaired) electrons. The second kappa shape index (κ2) is 9.57. The molecule has 0 aromatic heterocycles. The van der Waals surface area contributed by atoms with E-state index in [1.165, 1.54) is 24.3 Å². The molecule has 0 unspecified atom stereocenters. The Kier molecular flexibility index (Phi) is 6.57. The Balaban J connectivity index is 1.32. The van der Waals surface area contributed by atoms with E-state index in [4.69, 9.17) is 0 Å². The van der Waals surface area contributed by atoms with Gasteiger partial charge in [0.25, 0.3) is 0 Å². The number of ether oxygens (including phenoxy) is 1. The van der Waals surface area contributed by atoms with Crippen LogP contribution in [0.5, 0.6) is 5.75 Å². The average Bonchev–Trinajstić information content (AvgIpc) is 2.71. The van der Waals surface area contributed by atoms with Crippen molar-refractivity contribution < 1.29 is 36.7 Å². The largest absolute Gasteiger partial charge is 0.435 e. The highest BCUT2D eigenvalue weighted by molar-refractivity contribution is 6.01. The van der Waals surface area contributed by atoms with Crippen LogP contribution >= 0.6 is 0 Å². The van der Waals surface area contributed by atoms with Crippen molar-refractivity contribution in [3.05, 3.63) is 53.6 Å². The minimum absolute atomic E-state index is 0.00210. The van der Waals surface area contributed by atoms with E-state index in [1.54, 1.807) is 4.90 Å². The third-order valence-electron chi connectivity index (χ3n) is 5.55. The van der Waals surface area contributed by atoms with Gasteiger partial charge >= 0.3 is 12.6 Å². The zero-order chi connectivity index (χ0) is 24.4. The molecule has 2 aromatic carbocycles. The predicted molar refractivity (Wildman–Crippen MR) is 113 cm³/mol. The van der Waals surface area contributed by atoms with Crippen molar-refractivity contribution in [1.82, 2.24) is 10.6 Å². The number of urea groups is 1. The second-order valence-electron chi connectivity index (χ2n) is 7.93. The lowest BCUT2D eigenvalue weighted by Crippen LogP contribution is -2.60. The summed E-state index contributed by atoms with van der Waals surface area (Å²) >= 11 is 0. The highest BCUT2D eigenvalue weighted by Gasteiger charge is 2.34. The Bertz CT molecular complexity index is 1100. The fraction of sp³-hybridized carbons (Fsp3) is 0.318. The van der Waals surface area contributed by atoms with E-state index in [2.05, 4.69) is 20.7 Å². The molecular weight excluding hydrogens is 460 g/mol. The summed E-state index contributed by atoms with van der Waals surface area (Å²) in [4.78, 5) is 37.1. The summed E-state index contributed by atoms with van der Waals surface area (Å²) in [7, 11) is 0. The van der Waals surface area contributed by atoms with Crippen molar-refractivity contribution in [1.29, 1.82) is 0 Å². The van der Waals surface area contributed by atoms with Crippen LogP contribution in [-0.2, 0) is 9.59 Å². The number of carbonyl (C=O) groups excluding carboxylic acids is 3. The minimum atomic E-state index is -2.99. The van der Waals surface area contributed by atoms with E-state index in [1.807, 2.05) is 0 Å². The molecule has 0 aliphatic carbocycles. The molecular formula is C22H20F4N4O4.